The molecule has 3 heteroatoms. The number of fused-ring (bicyclic) bond motifs is 3. The van der Waals surface area contributed by atoms with Gasteiger partial charge in [0.05, 0.1) is 0 Å². The Morgan fingerprint density at radius 1 is 0.952 bits per heavy atom. The van der Waals surface area contributed by atoms with E-state index in [-0.39, 0.29) is 0 Å². The SMILES string of the molecule is Clc1cccc(-c2ccc3cc4n(c3c2)CCNCC4)c1. The molecule has 0 radical (unpaired) electrons. The van der Waals surface area contributed by atoms with E-state index in [0.29, 0.717) is 0 Å². The van der Waals surface area contributed by atoms with Crippen LogP contribution in [0.1, 0.15) is 5.69 Å². The zero-order valence-electron chi connectivity index (χ0n) is 11.8. The van der Waals surface area contributed by atoms with Crippen molar-refractivity contribution in [3.8, 4) is 11.1 Å². The van der Waals surface area contributed by atoms with E-state index in [1.54, 1.807) is 0 Å². The highest BCUT2D eigenvalue weighted by atomic mass is 35.5. The molecule has 2 aromatic carbocycles. The predicted octanol–water partition coefficient (Wildman–Crippen LogP) is 4.11. The van der Waals surface area contributed by atoms with E-state index in [1.165, 1.54) is 27.7 Å². The smallest absolute Gasteiger partial charge is 0.0489 e. The molecule has 0 fully saturated rings. The standard InChI is InChI=1S/C18H17ClN2/c19-16-3-1-2-13(10-16)14-4-5-15-11-17-6-7-20-8-9-21(17)18(15)12-14/h1-5,10-12,20H,6-9H2. The lowest BCUT2D eigenvalue weighted by Gasteiger charge is -2.08. The zero-order valence-corrected chi connectivity index (χ0v) is 12.5. The van der Waals surface area contributed by atoms with E-state index in [0.717, 1.165) is 31.1 Å². The molecule has 2 heterocycles. The minimum atomic E-state index is 0.783. The van der Waals surface area contributed by atoms with Crippen LogP contribution >= 0.6 is 11.6 Å². The summed E-state index contributed by atoms with van der Waals surface area (Å²) in [5.74, 6) is 0. The zero-order chi connectivity index (χ0) is 14.2. The van der Waals surface area contributed by atoms with Crippen LogP contribution in [-0.4, -0.2) is 17.7 Å². The number of nitrogens with zero attached hydrogens (tertiary/aromatic N) is 1. The minimum absolute atomic E-state index is 0.783. The van der Waals surface area contributed by atoms with E-state index in [1.807, 2.05) is 18.2 Å². The first-order chi connectivity index (χ1) is 10.3. The summed E-state index contributed by atoms with van der Waals surface area (Å²) in [4.78, 5) is 0. The summed E-state index contributed by atoms with van der Waals surface area (Å²) < 4.78 is 2.45. The van der Waals surface area contributed by atoms with Gasteiger partial charge in [-0.25, -0.2) is 0 Å². The molecule has 0 amide bonds. The van der Waals surface area contributed by atoms with Gasteiger partial charge in [0.15, 0.2) is 0 Å². The fourth-order valence-corrected chi connectivity index (χ4v) is 3.35. The fourth-order valence-electron chi connectivity index (χ4n) is 3.16. The second-order valence-corrected chi connectivity index (χ2v) is 6.01. The third-order valence-electron chi connectivity index (χ3n) is 4.22. The number of benzene rings is 2. The van der Waals surface area contributed by atoms with Crippen LogP contribution in [0.5, 0.6) is 0 Å². The van der Waals surface area contributed by atoms with Gasteiger partial charge in [0.2, 0.25) is 0 Å². The molecule has 0 saturated carbocycles. The van der Waals surface area contributed by atoms with Gasteiger partial charge in [0.1, 0.15) is 0 Å². The van der Waals surface area contributed by atoms with Crippen molar-refractivity contribution in [1.82, 2.24) is 9.88 Å². The summed E-state index contributed by atoms with van der Waals surface area (Å²) in [5.41, 5.74) is 5.15. The van der Waals surface area contributed by atoms with Crippen LogP contribution in [-0.2, 0) is 13.0 Å². The topological polar surface area (TPSA) is 17.0 Å². The van der Waals surface area contributed by atoms with Crippen LogP contribution in [0.3, 0.4) is 0 Å². The van der Waals surface area contributed by atoms with E-state index in [4.69, 9.17) is 11.6 Å². The molecule has 3 aromatic rings. The predicted molar refractivity (Wildman–Crippen MR) is 89.0 cm³/mol. The third-order valence-corrected chi connectivity index (χ3v) is 4.45. The monoisotopic (exact) mass is 296 g/mol. The Morgan fingerprint density at radius 2 is 1.86 bits per heavy atom. The summed E-state index contributed by atoms with van der Waals surface area (Å²) in [6.07, 6.45) is 1.10. The molecule has 4 rings (SSSR count). The van der Waals surface area contributed by atoms with Gasteiger partial charge >= 0.3 is 0 Å². The van der Waals surface area contributed by atoms with Gasteiger partial charge < -0.3 is 9.88 Å². The van der Waals surface area contributed by atoms with Gasteiger partial charge in [-0.15, -0.1) is 0 Å². The van der Waals surface area contributed by atoms with E-state index < -0.39 is 0 Å². The molecule has 1 aliphatic heterocycles. The molecule has 0 aliphatic carbocycles. The Kier molecular flexibility index (Phi) is 3.21. The molecule has 0 bridgehead atoms. The number of hydrogen-bond acceptors (Lipinski definition) is 1. The summed E-state index contributed by atoms with van der Waals surface area (Å²) >= 11 is 6.12. The van der Waals surface area contributed by atoms with Crippen LogP contribution in [0.15, 0.2) is 48.5 Å². The maximum atomic E-state index is 6.12. The van der Waals surface area contributed by atoms with Gasteiger partial charge in [-0.1, -0.05) is 35.9 Å². The molecule has 0 atom stereocenters. The molecular formula is C18H17ClN2. The van der Waals surface area contributed by atoms with Crippen molar-refractivity contribution in [2.24, 2.45) is 0 Å². The molecule has 21 heavy (non-hydrogen) atoms. The molecule has 0 saturated heterocycles. The lowest BCUT2D eigenvalue weighted by molar-refractivity contribution is 0.658. The molecule has 2 nitrogen and oxygen atoms in total. The first kappa shape index (κ1) is 12.9. The fraction of sp³-hybridized carbons (Fsp3) is 0.222. The molecule has 0 spiro atoms. The summed E-state index contributed by atoms with van der Waals surface area (Å²) in [6, 6.07) is 17.1. The van der Waals surface area contributed by atoms with Crippen molar-refractivity contribution < 1.29 is 0 Å². The van der Waals surface area contributed by atoms with Crippen molar-refractivity contribution in [1.29, 1.82) is 0 Å². The lowest BCUT2D eigenvalue weighted by atomic mass is 10.0. The number of aromatic nitrogens is 1. The average Bonchev–Trinajstić information content (AvgIpc) is 2.67. The quantitative estimate of drug-likeness (QED) is 0.715. The van der Waals surface area contributed by atoms with Gasteiger partial charge in [-0.2, -0.15) is 0 Å². The van der Waals surface area contributed by atoms with Crippen molar-refractivity contribution in [2.75, 3.05) is 13.1 Å². The van der Waals surface area contributed by atoms with Gasteiger partial charge in [-0.3, -0.25) is 0 Å². The highest BCUT2D eigenvalue weighted by molar-refractivity contribution is 6.30. The molecule has 106 valence electrons. The molecule has 1 aliphatic rings. The molecule has 1 N–H and O–H groups in total. The van der Waals surface area contributed by atoms with Gasteiger partial charge in [-0.05, 0) is 40.8 Å². The molecule has 1 aromatic heterocycles. The van der Waals surface area contributed by atoms with E-state index in [9.17, 15) is 0 Å². The van der Waals surface area contributed by atoms with Crippen molar-refractivity contribution >= 4 is 22.5 Å². The summed E-state index contributed by atoms with van der Waals surface area (Å²) in [5, 5.41) is 5.57. The van der Waals surface area contributed by atoms with Gasteiger partial charge in [0, 0.05) is 42.3 Å². The number of rotatable bonds is 1. The van der Waals surface area contributed by atoms with Crippen LogP contribution in [0.2, 0.25) is 5.02 Å². The van der Waals surface area contributed by atoms with Crippen LogP contribution in [0.25, 0.3) is 22.0 Å². The number of halogens is 1. The van der Waals surface area contributed by atoms with Crippen molar-refractivity contribution in [2.45, 2.75) is 13.0 Å². The van der Waals surface area contributed by atoms with E-state index in [2.05, 4.69) is 40.2 Å². The Hall–Kier alpha value is -1.77. The third kappa shape index (κ3) is 2.35. The lowest BCUT2D eigenvalue weighted by Crippen LogP contribution is -2.17. The Labute approximate surface area is 129 Å². The Balaban J connectivity index is 1.87. The highest BCUT2D eigenvalue weighted by Gasteiger charge is 2.12. The van der Waals surface area contributed by atoms with Crippen molar-refractivity contribution in [3.05, 3.63) is 59.2 Å². The molecule has 0 unspecified atom stereocenters. The second-order valence-electron chi connectivity index (χ2n) is 5.57. The van der Waals surface area contributed by atoms with Crippen LogP contribution in [0, 0.1) is 0 Å². The maximum Gasteiger partial charge on any atom is 0.0489 e. The summed E-state index contributed by atoms with van der Waals surface area (Å²) in [6.45, 7) is 3.15. The normalized spacial score (nSPS) is 14.9. The minimum Gasteiger partial charge on any atom is -0.343 e. The largest absolute Gasteiger partial charge is 0.343 e. The first-order valence-electron chi connectivity index (χ1n) is 7.40. The Bertz CT molecular complexity index is 804. The number of nitrogens with one attached hydrogen (secondary N) is 1. The second kappa shape index (κ2) is 5.21. The van der Waals surface area contributed by atoms with Gasteiger partial charge in [0.25, 0.3) is 0 Å². The Morgan fingerprint density at radius 3 is 2.76 bits per heavy atom. The highest BCUT2D eigenvalue weighted by Crippen LogP contribution is 2.28. The molecular weight excluding hydrogens is 280 g/mol. The first-order valence-corrected chi connectivity index (χ1v) is 7.78. The van der Waals surface area contributed by atoms with E-state index >= 15 is 0 Å². The van der Waals surface area contributed by atoms with Crippen LogP contribution in [0.4, 0.5) is 0 Å². The van der Waals surface area contributed by atoms with Crippen molar-refractivity contribution in [3.63, 3.8) is 0 Å². The number of hydrogen-bond donors (Lipinski definition) is 1. The average molecular weight is 297 g/mol. The summed E-state index contributed by atoms with van der Waals surface area (Å²) in [7, 11) is 0. The van der Waals surface area contributed by atoms with Crippen LogP contribution < -0.4 is 5.32 Å². The maximum absolute atomic E-state index is 6.12.